The van der Waals surface area contributed by atoms with Gasteiger partial charge in [0.1, 0.15) is 0 Å². The van der Waals surface area contributed by atoms with Crippen LogP contribution in [0.15, 0.2) is 35.6 Å². The molecule has 1 nitrogen and oxygen atoms in total. The average molecular weight is 149 g/mol. The third-order valence-corrected chi connectivity index (χ3v) is 1.94. The van der Waals surface area contributed by atoms with Crippen LogP contribution in [-0.2, 0) is 0 Å². The number of hydrogen-bond donors (Lipinski definition) is 1. The predicted octanol–water partition coefficient (Wildman–Crippen LogP) is 2.52. The molecule has 2 N–H and O–H groups in total. The molecule has 1 aliphatic carbocycles. The van der Waals surface area contributed by atoms with Crippen LogP contribution < -0.4 is 5.73 Å². The highest BCUT2D eigenvalue weighted by Crippen LogP contribution is 2.21. The highest BCUT2D eigenvalue weighted by Gasteiger charge is 2.04. The summed E-state index contributed by atoms with van der Waals surface area (Å²) >= 11 is 0. The van der Waals surface area contributed by atoms with Crippen molar-refractivity contribution in [2.24, 2.45) is 5.73 Å². The van der Waals surface area contributed by atoms with Gasteiger partial charge in [-0.1, -0.05) is 18.7 Å². The Morgan fingerprint density at radius 2 is 2.36 bits per heavy atom. The summed E-state index contributed by atoms with van der Waals surface area (Å²) in [6, 6.07) is 0. The molecular formula is C10H15N. The van der Waals surface area contributed by atoms with Gasteiger partial charge in [-0.25, -0.2) is 0 Å². The molecule has 0 atom stereocenters. The summed E-state index contributed by atoms with van der Waals surface area (Å²) in [7, 11) is 0. The van der Waals surface area contributed by atoms with Gasteiger partial charge in [-0.3, -0.25) is 0 Å². The first-order valence-corrected chi connectivity index (χ1v) is 4.03. The number of rotatable bonds is 0. The van der Waals surface area contributed by atoms with E-state index in [1.165, 1.54) is 12.0 Å². The second-order valence-corrected chi connectivity index (χ2v) is 2.99. The summed E-state index contributed by atoms with van der Waals surface area (Å²) in [5, 5.41) is 0. The molecule has 0 saturated heterocycles. The van der Waals surface area contributed by atoms with Gasteiger partial charge in [0.15, 0.2) is 0 Å². The maximum absolute atomic E-state index is 5.69. The maximum atomic E-state index is 5.69. The predicted molar refractivity (Wildman–Crippen MR) is 49.0 cm³/mol. The van der Waals surface area contributed by atoms with Crippen LogP contribution in [0, 0.1) is 0 Å². The Balaban J connectivity index is 2.91. The van der Waals surface area contributed by atoms with Gasteiger partial charge in [-0.05, 0) is 37.3 Å². The van der Waals surface area contributed by atoms with Crippen LogP contribution in [-0.4, -0.2) is 0 Å². The molecule has 0 fully saturated rings. The topological polar surface area (TPSA) is 26.0 Å². The van der Waals surface area contributed by atoms with Crippen molar-refractivity contribution >= 4 is 0 Å². The van der Waals surface area contributed by atoms with Crippen molar-refractivity contribution in [3.8, 4) is 0 Å². The van der Waals surface area contributed by atoms with Gasteiger partial charge in [0.2, 0.25) is 0 Å². The standard InChI is InChI=1S/C10H15N/c1-8-6-4-3-5-7-10(8)9(2)11/h5,7H,1,3-4,6,11H2,2H3/b10-9+. The van der Waals surface area contributed by atoms with Crippen LogP contribution >= 0.6 is 0 Å². The molecule has 0 spiro atoms. The van der Waals surface area contributed by atoms with Crippen LogP contribution in [0.4, 0.5) is 0 Å². The first kappa shape index (κ1) is 8.12. The molecule has 0 saturated carbocycles. The monoisotopic (exact) mass is 149 g/mol. The van der Waals surface area contributed by atoms with Crippen molar-refractivity contribution in [2.75, 3.05) is 0 Å². The summed E-state index contributed by atoms with van der Waals surface area (Å²) in [4.78, 5) is 0. The lowest BCUT2D eigenvalue weighted by Gasteiger charge is -2.04. The zero-order valence-corrected chi connectivity index (χ0v) is 7.06. The van der Waals surface area contributed by atoms with E-state index in [2.05, 4.69) is 18.7 Å². The Hall–Kier alpha value is -0.980. The second kappa shape index (κ2) is 3.42. The quantitative estimate of drug-likeness (QED) is 0.562. The van der Waals surface area contributed by atoms with E-state index >= 15 is 0 Å². The summed E-state index contributed by atoms with van der Waals surface area (Å²) in [5.74, 6) is 0. The Labute approximate surface area is 68.3 Å². The summed E-state index contributed by atoms with van der Waals surface area (Å²) in [5.41, 5.74) is 8.90. The largest absolute Gasteiger partial charge is 0.402 e. The molecule has 1 rings (SSSR count). The van der Waals surface area contributed by atoms with Crippen molar-refractivity contribution < 1.29 is 0 Å². The van der Waals surface area contributed by atoms with E-state index in [0.29, 0.717) is 0 Å². The van der Waals surface area contributed by atoms with Crippen molar-refractivity contribution in [1.82, 2.24) is 0 Å². The molecule has 0 heterocycles. The lowest BCUT2D eigenvalue weighted by atomic mass is 10.0. The Bertz CT molecular complexity index is 217. The minimum Gasteiger partial charge on any atom is -0.402 e. The van der Waals surface area contributed by atoms with E-state index in [1.807, 2.05) is 6.92 Å². The molecular weight excluding hydrogens is 134 g/mol. The minimum atomic E-state index is 0.883. The van der Waals surface area contributed by atoms with Gasteiger partial charge in [0.25, 0.3) is 0 Å². The van der Waals surface area contributed by atoms with Crippen molar-refractivity contribution in [3.63, 3.8) is 0 Å². The lowest BCUT2D eigenvalue weighted by molar-refractivity contribution is 0.854. The molecule has 0 radical (unpaired) electrons. The number of nitrogens with two attached hydrogens (primary N) is 1. The molecule has 0 aromatic carbocycles. The Morgan fingerprint density at radius 1 is 1.64 bits per heavy atom. The van der Waals surface area contributed by atoms with E-state index in [4.69, 9.17) is 5.73 Å². The fraction of sp³-hybridized carbons (Fsp3) is 0.400. The molecule has 1 aliphatic rings. The highest BCUT2D eigenvalue weighted by molar-refractivity contribution is 5.41. The normalized spacial score (nSPS) is 23.2. The summed E-state index contributed by atoms with van der Waals surface area (Å²) in [6.07, 6.45) is 7.69. The van der Waals surface area contributed by atoms with E-state index < -0.39 is 0 Å². The van der Waals surface area contributed by atoms with Crippen LogP contribution in [0.2, 0.25) is 0 Å². The first-order valence-electron chi connectivity index (χ1n) is 4.03. The van der Waals surface area contributed by atoms with Gasteiger partial charge in [-0.15, -0.1) is 0 Å². The fourth-order valence-electron chi connectivity index (χ4n) is 1.30. The van der Waals surface area contributed by atoms with Gasteiger partial charge in [-0.2, -0.15) is 0 Å². The fourth-order valence-corrected chi connectivity index (χ4v) is 1.30. The second-order valence-electron chi connectivity index (χ2n) is 2.99. The average Bonchev–Trinajstić information content (AvgIpc) is 2.13. The van der Waals surface area contributed by atoms with Crippen LogP contribution in [0.3, 0.4) is 0 Å². The zero-order valence-electron chi connectivity index (χ0n) is 7.06. The number of hydrogen-bond acceptors (Lipinski definition) is 1. The van der Waals surface area contributed by atoms with Crippen LogP contribution in [0.25, 0.3) is 0 Å². The van der Waals surface area contributed by atoms with E-state index in [9.17, 15) is 0 Å². The van der Waals surface area contributed by atoms with Gasteiger partial charge in [0, 0.05) is 5.70 Å². The van der Waals surface area contributed by atoms with E-state index in [0.717, 1.165) is 24.1 Å². The summed E-state index contributed by atoms with van der Waals surface area (Å²) < 4.78 is 0. The van der Waals surface area contributed by atoms with Crippen molar-refractivity contribution in [2.45, 2.75) is 26.2 Å². The first-order chi connectivity index (χ1) is 5.22. The summed E-state index contributed by atoms with van der Waals surface area (Å²) in [6.45, 7) is 5.91. The van der Waals surface area contributed by atoms with Crippen molar-refractivity contribution in [3.05, 3.63) is 35.6 Å². The SMILES string of the molecule is C=C1CCCC=C/C1=C(/C)N. The van der Waals surface area contributed by atoms with Crippen molar-refractivity contribution in [1.29, 1.82) is 0 Å². The third kappa shape index (κ3) is 1.97. The molecule has 0 amide bonds. The number of allylic oxidation sites excluding steroid dienone is 5. The van der Waals surface area contributed by atoms with Gasteiger partial charge >= 0.3 is 0 Å². The van der Waals surface area contributed by atoms with E-state index in [-0.39, 0.29) is 0 Å². The molecule has 0 aromatic heterocycles. The molecule has 11 heavy (non-hydrogen) atoms. The Morgan fingerprint density at radius 3 is 3.00 bits per heavy atom. The molecule has 0 bridgehead atoms. The highest BCUT2D eigenvalue weighted by atomic mass is 14.6. The van der Waals surface area contributed by atoms with Gasteiger partial charge in [0.05, 0.1) is 0 Å². The Kier molecular flexibility index (Phi) is 2.53. The molecule has 0 aromatic rings. The molecule has 0 aliphatic heterocycles. The molecule has 60 valence electrons. The maximum Gasteiger partial charge on any atom is 0.0125 e. The minimum absolute atomic E-state index is 0.883. The third-order valence-electron chi connectivity index (χ3n) is 1.94. The molecule has 0 unspecified atom stereocenters. The van der Waals surface area contributed by atoms with E-state index in [1.54, 1.807) is 0 Å². The van der Waals surface area contributed by atoms with Crippen LogP contribution in [0.5, 0.6) is 0 Å². The van der Waals surface area contributed by atoms with Gasteiger partial charge < -0.3 is 5.73 Å². The lowest BCUT2D eigenvalue weighted by Crippen LogP contribution is -1.97. The smallest absolute Gasteiger partial charge is 0.0125 e. The molecule has 1 heteroatoms. The van der Waals surface area contributed by atoms with Crippen LogP contribution in [0.1, 0.15) is 26.2 Å². The zero-order chi connectivity index (χ0) is 8.27.